The monoisotopic (exact) mass is 453 g/mol. The number of carbonyl (C=O) groups is 1. The van der Waals surface area contributed by atoms with E-state index in [4.69, 9.17) is 9.72 Å². The molecular formula is C26H39N5O2. The highest BCUT2D eigenvalue weighted by Gasteiger charge is 2.34. The minimum atomic E-state index is -0.289. The molecule has 1 aromatic heterocycles. The average molecular weight is 454 g/mol. The quantitative estimate of drug-likeness (QED) is 0.697. The summed E-state index contributed by atoms with van der Waals surface area (Å²) in [6.07, 6.45) is 3.08. The van der Waals surface area contributed by atoms with Crippen LogP contribution in [0.4, 0.5) is 5.82 Å². The molecule has 0 aliphatic carbocycles. The van der Waals surface area contributed by atoms with Crippen molar-refractivity contribution in [3.63, 3.8) is 0 Å². The highest BCUT2D eigenvalue weighted by Crippen LogP contribution is 2.37. The van der Waals surface area contributed by atoms with Crippen molar-refractivity contribution in [2.75, 3.05) is 50.7 Å². The Kier molecular flexibility index (Phi) is 6.97. The average Bonchev–Trinajstić information content (AvgIpc) is 2.78. The summed E-state index contributed by atoms with van der Waals surface area (Å²) in [5, 5.41) is 10.1. The number of ether oxygens (including phenoxy) is 1. The molecule has 0 spiro atoms. The Balaban J connectivity index is 1.49. The molecule has 7 nitrogen and oxygen atoms in total. The molecule has 2 saturated heterocycles. The van der Waals surface area contributed by atoms with Crippen LogP contribution < -0.4 is 4.90 Å². The molecule has 180 valence electrons. The van der Waals surface area contributed by atoms with Gasteiger partial charge in [0.05, 0.1) is 30.0 Å². The van der Waals surface area contributed by atoms with Gasteiger partial charge in [0.25, 0.3) is 0 Å². The predicted molar refractivity (Wildman–Crippen MR) is 129 cm³/mol. The van der Waals surface area contributed by atoms with E-state index in [0.29, 0.717) is 51.3 Å². The fourth-order valence-corrected chi connectivity index (χ4v) is 5.28. The van der Waals surface area contributed by atoms with E-state index in [9.17, 15) is 10.1 Å². The van der Waals surface area contributed by atoms with Crippen LogP contribution in [-0.4, -0.2) is 72.1 Å². The van der Waals surface area contributed by atoms with Gasteiger partial charge in [-0.15, -0.1) is 0 Å². The second-order valence-electron chi connectivity index (χ2n) is 11.0. The van der Waals surface area contributed by atoms with Gasteiger partial charge in [-0.3, -0.25) is 9.69 Å². The fraction of sp³-hybridized carbons (Fsp3) is 0.731. The third-order valence-corrected chi connectivity index (χ3v) is 7.46. The van der Waals surface area contributed by atoms with Crippen LogP contribution in [0.1, 0.15) is 75.8 Å². The molecule has 0 radical (unpaired) electrons. The van der Waals surface area contributed by atoms with Crippen molar-refractivity contribution in [1.82, 2.24) is 14.8 Å². The third-order valence-electron chi connectivity index (χ3n) is 7.46. The molecule has 0 aromatic carbocycles. The lowest BCUT2D eigenvalue weighted by molar-refractivity contribution is -0.133. The predicted octanol–water partition coefficient (Wildman–Crippen LogP) is 3.31. The molecule has 0 bridgehead atoms. The van der Waals surface area contributed by atoms with Gasteiger partial charge in [0, 0.05) is 38.2 Å². The number of fused-ring (bicyclic) bond motifs is 1. The minimum Gasteiger partial charge on any atom is -0.370 e. The molecule has 1 amide bonds. The minimum absolute atomic E-state index is 0.227. The van der Waals surface area contributed by atoms with Crippen LogP contribution in [0.2, 0.25) is 0 Å². The first-order valence-corrected chi connectivity index (χ1v) is 12.5. The van der Waals surface area contributed by atoms with Gasteiger partial charge >= 0.3 is 0 Å². The van der Waals surface area contributed by atoms with Crippen LogP contribution in [0.25, 0.3) is 0 Å². The van der Waals surface area contributed by atoms with Crippen molar-refractivity contribution < 1.29 is 9.53 Å². The first kappa shape index (κ1) is 24.0. The van der Waals surface area contributed by atoms with Crippen LogP contribution >= 0.6 is 0 Å². The Morgan fingerprint density at radius 1 is 1.15 bits per heavy atom. The first-order chi connectivity index (χ1) is 15.7. The molecule has 4 rings (SSSR count). The van der Waals surface area contributed by atoms with Gasteiger partial charge in [0.1, 0.15) is 11.9 Å². The zero-order chi connectivity index (χ0) is 23.8. The molecule has 33 heavy (non-hydrogen) atoms. The second kappa shape index (κ2) is 9.60. The molecule has 3 aliphatic heterocycles. The van der Waals surface area contributed by atoms with Crippen molar-refractivity contribution in [1.29, 1.82) is 5.26 Å². The van der Waals surface area contributed by atoms with Gasteiger partial charge in [-0.2, -0.15) is 5.26 Å². The summed E-state index contributed by atoms with van der Waals surface area (Å²) in [5.74, 6) is 2.04. The van der Waals surface area contributed by atoms with Crippen LogP contribution in [0.3, 0.4) is 0 Å². The maximum atomic E-state index is 12.9. The van der Waals surface area contributed by atoms with E-state index in [1.54, 1.807) is 0 Å². The molecule has 1 aromatic rings. The molecule has 0 saturated carbocycles. The van der Waals surface area contributed by atoms with Gasteiger partial charge in [0.2, 0.25) is 5.91 Å². The summed E-state index contributed by atoms with van der Waals surface area (Å²) < 4.78 is 6.06. The Labute approximate surface area is 198 Å². The number of amides is 1. The summed E-state index contributed by atoms with van der Waals surface area (Å²) in [4.78, 5) is 24.4. The number of anilines is 1. The fourth-order valence-electron chi connectivity index (χ4n) is 5.28. The molecule has 7 heteroatoms. The largest absolute Gasteiger partial charge is 0.370 e. The van der Waals surface area contributed by atoms with Gasteiger partial charge in [0.15, 0.2) is 0 Å². The topological polar surface area (TPSA) is 72.7 Å². The number of piperazine rings is 1. The number of hydrogen-bond acceptors (Lipinski definition) is 6. The zero-order valence-corrected chi connectivity index (χ0v) is 21.0. The van der Waals surface area contributed by atoms with Gasteiger partial charge in [-0.1, -0.05) is 20.8 Å². The third kappa shape index (κ3) is 5.17. The lowest BCUT2D eigenvalue weighted by Gasteiger charge is -2.39. The van der Waals surface area contributed by atoms with E-state index >= 15 is 0 Å². The van der Waals surface area contributed by atoms with E-state index in [1.807, 2.05) is 4.90 Å². The number of piperidine rings is 1. The Morgan fingerprint density at radius 2 is 1.82 bits per heavy atom. The van der Waals surface area contributed by atoms with Crippen molar-refractivity contribution in [2.24, 2.45) is 5.92 Å². The van der Waals surface area contributed by atoms with Gasteiger partial charge in [-0.05, 0) is 57.2 Å². The zero-order valence-electron chi connectivity index (χ0n) is 21.0. The molecule has 0 atom stereocenters. The Bertz CT molecular complexity index is 920. The van der Waals surface area contributed by atoms with Crippen LogP contribution in [0.15, 0.2) is 0 Å². The number of aromatic nitrogens is 1. The maximum absolute atomic E-state index is 12.9. The van der Waals surface area contributed by atoms with Crippen LogP contribution in [0, 0.1) is 17.2 Å². The SMILES string of the molecule is CC1CCN(CC(=O)N2CCN(c3nc(C(C)C)c4c(c3C#N)CC(C)(C)OC4)CC2)CC1. The van der Waals surface area contributed by atoms with E-state index in [-0.39, 0.29) is 17.4 Å². The summed E-state index contributed by atoms with van der Waals surface area (Å²) in [6, 6.07) is 2.47. The summed E-state index contributed by atoms with van der Waals surface area (Å²) >= 11 is 0. The van der Waals surface area contributed by atoms with E-state index < -0.39 is 0 Å². The van der Waals surface area contributed by atoms with Crippen LogP contribution in [0.5, 0.6) is 0 Å². The van der Waals surface area contributed by atoms with E-state index in [2.05, 4.69) is 50.5 Å². The standard InChI is InChI=1S/C26H39N5O2/c1-18(2)24-22-17-33-26(4,5)14-20(22)21(15-27)25(28-24)31-12-10-30(11-13-31)23(32)16-29-8-6-19(3)7-9-29/h18-19H,6-14,16-17H2,1-5H3. The highest BCUT2D eigenvalue weighted by molar-refractivity contribution is 5.78. The van der Waals surface area contributed by atoms with Crippen molar-refractivity contribution in [2.45, 2.75) is 72.0 Å². The second-order valence-corrected chi connectivity index (χ2v) is 11.0. The highest BCUT2D eigenvalue weighted by atomic mass is 16.5. The Hall–Kier alpha value is -2.17. The van der Waals surface area contributed by atoms with Crippen LogP contribution in [-0.2, 0) is 22.6 Å². The molecule has 4 heterocycles. The maximum Gasteiger partial charge on any atom is 0.236 e. The van der Waals surface area contributed by atoms with Crippen molar-refractivity contribution >= 4 is 11.7 Å². The number of rotatable bonds is 4. The van der Waals surface area contributed by atoms with Gasteiger partial charge < -0.3 is 14.5 Å². The van der Waals surface area contributed by atoms with Crippen molar-refractivity contribution in [3.05, 3.63) is 22.4 Å². The summed E-state index contributed by atoms with van der Waals surface area (Å²) in [6.45, 7) is 16.6. The van der Waals surface area contributed by atoms with Crippen molar-refractivity contribution in [3.8, 4) is 6.07 Å². The molecule has 0 N–H and O–H groups in total. The lowest BCUT2D eigenvalue weighted by Crippen LogP contribution is -2.52. The Morgan fingerprint density at radius 3 is 2.42 bits per heavy atom. The molecule has 3 aliphatic rings. The normalized spacial score (nSPS) is 21.7. The lowest BCUT2D eigenvalue weighted by atomic mass is 9.86. The number of nitriles is 1. The van der Waals surface area contributed by atoms with E-state index in [0.717, 1.165) is 41.6 Å². The number of nitrogens with zero attached hydrogens (tertiary/aromatic N) is 5. The molecular weight excluding hydrogens is 414 g/mol. The number of carbonyl (C=O) groups excluding carboxylic acids is 1. The van der Waals surface area contributed by atoms with Gasteiger partial charge in [-0.25, -0.2) is 4.98 Å². The molecule has 0 unspecified atom stereocenters. The number of pyridine rings is 1. The first-order valence-electron chi connectivity index (χ1n) is 12.5. The molecule has 2 fully saturated rings. The number of hydrogen-bond donors (Lipinski definition) is 0. The van der Waals surface area contributed by atoms with E-state index in [1.165, 1.54) is 12.8 Å². The summed E-state index contributed by atoms with van der Waals surface area (Å²) in [5.41, 5.74) is 3.62. The smallest absolute Gasteiger partial charge is 0.236 e. The number of likely N-dealkylation sites (tertiary alicyclic amines) is 1. The summed E-state index contributed by atoms with van der Waals surface area (Å²) in [7, 11) is 0.